The lowest BCUT2D eigenvalue weighted by Gasteiger charge is -2.30. The molecule has 0 radical (unpaired) electrons. The van der Waals surface area contributed by atoms with Gasteiger partial charge < -0.3 is 10.6 Å². The van der Waals surface area contributed by atoms with Gasteiger partial charge in [0.15, 0.2) is 0 Å². The Morgan fingerprint density at radius 2 is 2.00 bits per heavy atom. The molecule has 1 aromatic rings. The molecule has 2 unspecified atom stereocenters. The molecule has 96 valence electrons. The molecule has 0 fully saturated rings. The monoisotopic (exact) mass is 298 g/mol. The molecule has 0 spiro atoms. The Morgan fingerprint density at radius 1 is 1.35 bits per heavy atom. The number of benzene rings is 1. The van der Waals surface area contributed by atoms with Crippen LogP contribution in [-0.4, -0.2) is 13.1 Å². The van der Waals surface area contributed by atoms with Gasteiger partial charge in [-0.15, -0.1) is 0 Å². The van der Waals surface area contributed by atoms with Crippen LogP contribution in [0.4, 0.5) is 5.69 Å². The summed E-state index contributed by atoms with van der Waals surface area (Å²) in [7, 11) is 2.15. The summed E-state index contributed by atoms with van der Waals surface area (Å²) in [6.07, 6.45) is 2.40. The second-order valence-electron chi connectivity index (χ2n) is 4.74. The lowest BCUT2D eigenvalue weighted by atomic mass is 10.0. The van der Waals surface area contributed by atoms with E-state index in [2.05, 4.69) is 59.9 Å². The van der Waals surface area contributed by atoms with Crippen LogP contribution in [0.5, 0.6) is 0 Å². The maximum atomic E-state index is 6.05. The van der Waals surface area contributed by atoms with Crippen LogP contribution in [-0.2, 0) is 0 Å². The van der Waals surface area contributed by atoms with Crippen molar-refractivity contribution in [3.8, 4) is 0 Å². The molecule has 0 aliphatic carbocycles. The molecule has 0 saturated carbocycles. The van der Waals surface area contributed by atoms with E-state index in [1.807, 2.05) is 6.92 Å². The van der Waals surface area contributed by atoms with Crippen molar-refractivity contribution in [1.82, 2.24) is 0 Å². The van der Waals surface area contributed by atoms with Gasteiger partial charge in [-0.3, -0.25) is 0 Å². The molecule has 1 rings (SSSR count). The van der Waals surface area contributed by atoms with Gasteiger partial charge in [0, 0.05) is 29.3 Å². The Morgan fingerprint density at radius 3 is 2.53 bits per heavy atom. The van der Waals surface area contributed by atoms with Crippen LogP contribution in [0.2, 0.25) is 0 Å². The zero-order valence-corrected chi connectivity index (χ0v) is 12.8. The lowest BCUT2D eigenvalue weighted by molar-refractivity contribution is 0.612. The van der Waals surface area contributed by atoms with Crippen LogP contribution in [0, 0.1) is 0 Å². The number of halogens is 1. The summed E-state index contributed by atoms with van der Waals surface area (Å²) < 4.78 is 1.09. The van der Waals surface area contributed by atoms with Crippen LogP contribution in [0.25, 0.3) is 0 Å². The lowest BCUT2D eigenvalue weighted by Crippen LogP contribution is -2.30. The summed E-state index contributed by atoms with van der Waals surface area (Å²) in [4.78, 5) is 2.33. The quantitative estimate of drug-likeness (QED) is 0.887. The molecular weight excluding hydrogens is 276 g/mol. The van der Waals surface area contributed by atoms with E-state index in [1.54, 1.807) is 0 Å². The Hall–Kier alpha value is -0.540. The highest BCUT2D eigenvalue weighted by molar-refractivity contribution is 9.10. The van der Waals surface area contributed by atoms with E-state index in [4.69, 9.17) is 5.73 Å². The third-order valence-corrected chi connectivity index (χ3v) is 3.72. The van der Waals surface area contributed by atoms with Crippen molar-refractivity contribution in [3.63, 3.8) is 0 Å². The normalized spacial score (nSPS) is 14.5. The molecule has 0 aliphatic heterocycles. The van der Waals surface area contributed by atoms with Gasteiger partial charge in [-0.25, -0.2) is 0 Å². The number of nitrogens with two attached hydrogens (primary N) is 1. The van der Waals surface area contributed by atoms with Crippen LogP contribution >= 0.6 is 15.9 Å². The fourth-order valence-corrected chi connectivity index (χ4v) is 2.44. The number of hydrogen-bond acceptors (Lipinski definition) is 2. The molecule has 0 bridgehead atoms. The summed E-state index contributed by atoms with van der Waals surface area (Å²) in [5.74, 6) is 0. The molecule has 1 aromatic carbocycles. The topological polar surface area (TPSA) is 29.3 Å². The van der Waals surface area contributed by atoms with Crippen molar-refractivity contribution in [2.24, 2.45) is 5.73 Å². The Bertz CT molecular complexity index is 363. The van der Waals surface area contributed by atoms with Crippen LogP contribution < -0.4 is 10.6 Å². The van der Waals surface area contributed by atoms with E-state index in [9.17, 15) is 0 Å². The van der Waals surface area contributed by atoms with Crippen molar-refractivity contribution < 1.29 is 0 Å². The largest absolute Gasteiger partial charge is 0.372 e. The first-order valence-corrected chi connectivity index (χ1v) is 7.04. The summed E-state index contributed by atoms with van der Waals surface area (Å²) in [5, 5.41) is 0. The second kappa shape index (κ2) is 6.41. The van der Waals surface area contributed by atoms with E-state index in [1.165, 1.54) is 24.1 Å². The predicted octanol–water partition coefficient (Wildman–Crippen LogP) is 4.09. The number of hydrogen-bond donors (Lipinski definition) is 1. The van der Waals surface area contributed by atoms with Gasteiger partial charge >= 0.3 is 0 Å². The van der Waals surface area contributed by atoms with Gasteiger partial charge in [-0.1, -0.05) is 29.3 Å². The first kappa shape index (κ1) is 14.5. The van der Waals surface area contributed by atoms with Gasteiger partial charge in [0.25, 0.3) is 0 Å². The molecule has 2 N–H and O–H groups in total. The summed E-state index contributed by atoms with van der Waals surface area (Å²) in [5.41, 5.74) is 8.49. The summed E-state index contributed by atoms with van der Waals surface area (Å²) in [6.45, 7) is 6.51. The molecule has 3 heteroatoms. The molecule has 0 amide bonds. The van der Waals surface area contributed by atoms with Crippen molar-refractivity contribution in [2.45, 2.75) is 45.7 Å². The van der Waals surface area contributed by atoms with Crippen molar-refractivity contribution in [2.75, 3.05) is 11.9 Å². The van der Waals surface area contributed by atoms with Gasteiger partial charge in [-0.05, 0) is 44.0 Å². The van der Waals surface area contributed by atoms with Gasteiger partial charge in [0.2, 0.25) is 0 Å². The van der Waals surface area contributed by atoms with Crippen molar-refractivity contribution >= 4 is 21.6 Å². The first-order chi connectivity index (χ1) is 7.97. The fraction of sp³-hybridized carbons (Fsp3) is 0.571. The highest BCUT2D eigenvalue weighted by Gasteiger charge is 2.15. The zero-order valence-electron chi connectivity index (χ0n) is 11.2. The third kappa shape index (κ3) is 3.71. The van der Waals surface area contributed by atoms with E-state index < -0.39 is 0 Å². The summed E-state index contributed by atoms with van der Waals surface area (Å²) in [6, 6.07) is 6.94. The highest BCUT2D eigenvalue weighted by atomic mass is 79.9. The van der Waals surface area contributed by atoms with Crippen LogP contribution in [0.15, 0.2) is 22.7 Å². The molecule has 0 heterocycles. The smallest absolute Gasteiger partial charge is 0.0415 e. The molecule has 0 aromatic heterocycles. The minimum absolute atomic E-state index is 0.0544. The Kier molecular flexibility index (Phi) is 5.47. The minimum atomic E-state index is 0.0544. The zero-order chi connectivity index (χ0) is 13.0. The van der Waals surface area contributed by atoms with Gasteiger partial charge in [-0.2, -0.15) is 0 Å². The molecule has 2 atom stereocenters. The number of rotatable bonds is 5. The van der Waals surface area contributed by atoms with Gasteiger partial charge in [0.1, 0.15) is 0 Å². The van der Waals surface area contributed by atoms with E-state index in [0.717, 1.165) is 4.47 Å². The predicted molar refractivity (Wildman–Crippen MR) is 79.5 cm³/mol. The fourth-order valence-electron chi connectivity index (χ4n) is 2.06. The van der Waals surface area contributed by atoms with E-state index in [-0.39, 0.29) is 6.04 Å². The maximum absolute atomic E-state index is 6.05. The van der Waals surface area contributed by atoms with Crippen LogP contribution in [0.1, 0.15) is 45.2 Å². The van der Waals surface area contributed by atoms with Crippen LogP contribution in [0.3, 0.4) is 0 Å². The standard InChI is InChI=1S/C14H23BrN2/c1-5-6-10(2)17(4)14-8-7-12(15)9-13(14)11(3)16/h7-11H,5-6,16H2,1-4H3. The summed E-state index contributed by atoms with van der Waals surface area (Å²) >= 11 is 3.51. The minimum Gasteiger partial charge on any atom is -0.372 e. The third-order valence-electron chi connectivity index (χ3n) is 3.23. The Balaban J connectivity index is 3.03. The van der Waals surface area contributed by atoms with Crippen molar-refractivity contribution in [3.05, 3.63) is 28.2 Å². The van der Waals surface area contributed by atoms with Gasteiger partial charge in [0.05, 0.1) is 0 Å². The highest BCUT2D eigenvalue weighted by Crippen LogP contribution is 2.29. The second-order valence-corrected chi connectivity index (χ2v) is 5.66. The average molecular weight is 299 g/mol. The molecule has 2 nitrogen and oxygen atoms in total. The maximum Gasteiger partial charge on any atom is 0.0415 e. The molecule has 17 heavy (non-hydrogen) atoms. The Labute approximate surface area is 113 Å². The van der Waals surface area contributed by atoms with E-state index >= 15 is 0 Å². The van der Waals surface area contributed by atoms with Crippen molar-refractivity contribution in [1.29, 1.82) is 0 Å². The number of nitrogens with zero attached hydrogens (tertiary/aromatic N) is 1. The molecule has 0 saturated heterocycles. The average Bonchev–Trinajstić information content (AvgIpc) is 2.28. The number of anilines is 1. The molecule has 0 aliphatic rings. The molecular formula is C14H23BrN2. The van der Waals surface area contributed by atoms with E-state index in [0.29, 0.717) is 6.04 Å². The SMILES string of the molecule is CCCC(C)N(C)c1ccc(Br)cc1C(C)N. The first-order valence-electron chi connectivity index (χ1n) is 6.25.